The summed E-state index contributed by atoms with van der Waals surface area (Å²) in [5.41, 5.74) is 6.77. The molecule has 0 bridgehead atoms. The van der Waals surface area contributed by atoms with Gasteiger partial charge in [0, 0.05) is 13.1 Å². The van der Waals surface area contributed by atoms with E-state index in [2.05, 4.69) is 36.2 Å². The smallest absolute Gasteiger partial charge is 0.104 e. The van der Waals surface area contributed by atoms with Crippen LogP contribution >= 0.6 is 12.2 Å². The predicted molar refractivity (Wildman–Crippen MR) is 75.0 cm³/mol. The molecule has 0 heterocycles. The lowest BCUT2D eigenvalue weighted by molar-refractivity contribution is 0.0897. The number of hydrogen-bond acceptors (Lipinski definition) is 3. The molecule has 2 N–H and O–H groups in total. The first kappa shape index (κ1) is 14.1. The third-order valence-electron chi connectivity index (χ3n) is 2.54. The molecular formula is C13H20N2OS. The lowest BCUT2D eigenvalue weighted by Gasteiger charge is -2.18. The van der Waals surface area contributed by atoms with E-state index in [1.807, 2.05) is 13.0 Å². The van der Waals surface area contributed by atoms with Gasteiger partial charge < -0.3 is 10.5 Å². The highest BCUT2D eigenvalue weighted by Crippen LogP contribution is 2.02. The van der Waals surface area contributed by atoms with E-state index in [1.54, 1.807) is 0 Å². The van der Waals surface area contributed by atoms with E-state index >= 15 is 0 Å². The van der Waals surface area contributed by atoms with E-state index in [4.69, 9.17) is 22.7 Å². The first-order valence-corrected chi connectivity index (χ1v) is 6.14. The van der Waals surface area contributed by atoms with Crippen LogP contribution in [-0.4, -0.2) is 36.2 Å². The van der Waals surface area contributed by atoms with Crippen LogP contribution in [0.4, 0.5) is 0 Å². The largest absolute Gasteiger partial charge is 0.391 e. The fourth-order valence-electron chi connectivity index (χ4n) is 1.44. The van der Waals surface area contributed by atoms with Crippen LogP contribution in [0.1, 0.15) is 12.5 Å². The second-order valence-corrected chi connectivity index (χ2v) is 4.61. The molecule has 1 aromatic carbocycles. The Bertz CT molecular complexity index is 343. The highest BCUT2D eigenvalue weighted by Gasteiger charge is 2.05. The van der Waals surface area contributed by atoms with Crippen molar-refractivity contribution in [1.29, 1.82) is 0 Å². The number of thiocarbonyl (C=S) groups is 1. The van der Waals surface area contributed by atoms with Crippen LogP contribution in [0.25, 0.3) is 0 Å². The number of nitrogens with two attached hydrogens (primary N) is 1. The zero-order valence-corrected chi connectivity index (χ0v) is 11.2. The normalized spacial score (nSPS) is 12.6. The summed E-state index contributed by atoms with van der Waals surface area (Å²) in [5.74, 6) is 0. The molecule has 0 radical (unpaired) electrons. The number of hydrogen-bond donors (Lipinski definition) is 1. The van der Waals surface area contributed by atoms with Gasteiger partial charge in [-0.3, -0.25) is 4.90 Å². The van der Waals surface area contributed by atoms with E-state index in [9.17, 15) is 0 Å². The summed E-state index contributed by atoms with van der Waals surface area (Å²) in [6, 6.07) is 10.4. The molecular weight excluding hydrogens is 232 g/mol. The maximum atomic E-state index is 5.50. The van der Waals surface area contributed by atoms with Crippen molar-refractivity contribution in [1.82, 2.24) is 4.90 Å². The van der Waals surface area contributed by atoms with Crippen LogP contribution < -0.4 is 5.73 Å². The summed E-state index contributed by atoms with van der Waals surface area (Å²) in [7, 11) is 2.07. The monoisotopic (exact) mass is 252 g/mol. The molecule has 0 aliphatic carbocycles. The molecule has 0 fully saturated rings. The molecule has 1 atom stereocenters. The Labute approximate surface area is 109 Å². The Morgan fingerprint density at radius 1 is 1.41 bits per heavy atom. The van der Waals surface area contributed by atoms with Gasteiger partial charge in [0.25, 0.3) is 0 Å². The maximum absolute atomic E-state index is 5.50. The van der Waals surface area contributed by atoms with Crippen LogP contribution in [0.5, 0.6) is 0 Å². The van der Waals surface area contributed by atoms with E-state index in [0.717, 1.165) is 13.1 Å². The molecule has 0 aliphatic heterocycles. The summed E-state index contributed by atoms with van der Waals surface area (Å²) < 4.78 is 5.50. The van der Waals surface area contributed by atoms with Crippen molar-refractivity contribution in [3.63, 3.8) is 0 Å². The van der Waals surface area contributed by atoms with Gasteiger partial charge in [0.05, 0.1) is 6.61 Å². The number of rotatable bonds is 7. The van der Waals surface area contributed by atoms with Gasteiger partial charge in [0.1, 0.15) is 11.1 Å². The molecule has 0 saturated heterocycles. The molecule has 1 aromatic rings. The fourth-order valence-corrected chi connectivity index (χ4v) is 1.51. The van der Waals surface area contributed by atoms with Crippen LogP contribution in [0.2, 0.25) is 0 Å². The summed E-state index contributed by atoms with van der Waals surface area (Å²) in [4.78, 5) is 2.62. The lowest BCUT2D eigenvalue weighted by Crippen LogP contribution is -2.30. The van der Waals surface area contributed by atoms with Crippen molar-refractivity contribution >= 4 is 17.2 Å². The van der Waals surface area contributed by atoms with Gasteiger partial charge in [-0.2, -0.15) is 0 Å². The molecule has 4 heteroatoms. The SMILES string of the molecule is CC(OCCN(C)Cc1ccccc1)C(N)=S. The minimum atomic E-state index is -0.143. The van der Waals surface area contributed by atoms with Crippen molar-refractivity contribution in [2.45, 2.75) is 19.6 Å². The molecule has 17 heavy (non-hydrogen) atoms. The summed E-state index contributed by atoms with van der Waals surface area (Å²) >= 11 is 4.84. The van der Waals surface area contributed by atoms with Crippen LogP contribution in [0.15, 0.2) is 30.3 Å². The Morgan fingerprint density at radius 3 is 2.65 bits per heavy atom. The fraction of sp³-hybridized carbons (Fsp3) is 0.462. The quantitative estimate of drug-likeness (QED) is 0.751. The third-order valence-corrected chi connectivity index (χ3v) is 2.87. The van der Waals surface area contributed by atoms with Crippen LogP contribution in [-0.2, 0) is 11.3 Å². The minimum Gasteiger partial charge on any atom is -0.391 e. The van der Waals surface area contributed by atoms with Gasteiger partial charge in [0.15, 0.2) is 0 Å². The van der Waals surface area contributed by atoms with E-state index < -0.39 is 0 Å². The van der Waals surface area contributed by atoms with Crippen molar-refractivity contribution < 1.29 is 4.74 Å². The highest BCUT2D eigenvalue weighted by molar-refractivity contribution is 7.80. The molecule has 94 valence electrons. The predicted octanol–water partition coefficient (Wildman–Crippen LogP) is 1.81. The van der Waals surface area contributed by atoms with E-state index in [0.29, 0.717) is 11.6 Å². The van der Waals surface area contributed by atoms with Crippen molar-refractivity contribution in [2.24, 2.45) is 5.73 Å². The molecule has 1 unspecified atom stereocenters. The first-order chi connectivity index (χ1) is 8.09. The maximum Gasteiger partial charge on any atom is 0.104 e. The number of likely N-dealkylation sites (N-methyl/N-ethyl adjacent to an activating group) is 1. The van der Waals surface area contributed by atoms with Gasteiger partial charge >= 0.3 is 0 Å². The third kappa shape index (κ3) is 5.77. The summed E-state index contributed by atoms with van der Waals surface area (Å²) in [6.07, 6.45) is -0.143. The number of ether oxygens (including phenoxy) is 1. The Morgan fingerprint density at radius 2 is 2.06 bits per heavy atom. The average Bonchev–Trinajstić information content (AvgIpc) is 2.30. The molecule has 3 nitrogen and oxygen atoms in total. The van der Waals surface area contributed by atoms with Gasteiger partial charge in [-0.1, -0.05) is 42.5 Å². The molecule has 0 spiro atoms. The van der Waals surface area contributed by atoms with Crippen molar-refractivity contribution in [2.75, 3.05) is 20.2 Å². The Kier molecular flexibility index (Phi) is 6.11. The molecule has 0 aromatic heterocycles. The standard InChI is InChI=1S/C13H20N2OS/c1-11(13(14)17)16-9-8-15(2)10-12-6-4-3-5-7-12/h3-7,11H,8-10H2,1-2H3,(H2,14,17). The van der Waals surface area contributed by atoms with E-state index in [1.165, 1.54) is 5.56 Å². The molecule has 0 aliphatic rings. The second-order valence-electron chi connectivity index (χ2n) is 4.14. The lowest BCUT2D eigenvalue weighted by atomic mass is 10.2. The van der Waals surface area contributed by atoms with Gasteiger partial charge in [-0.25, -0.2) is 0 Å². The topological polar surface area (TPSA) is 38.5 Å². The summed E-state index contributed by atoms with van der Waals surface area (Å²) in [5, 5.41) is 0. The number of nitrogens with zero attached hydrogens (tertiary/aromatic N) is 1. The van der Waals surface area contributed by atoms with Gasteiger partial charge in [0.2, 0.25) is 0 Å². The molecule has 1 rings (SSSR count). The van der Waals surface area contributed by atoms with Crippen LogP contribution in [0.3, 0.4) is 0 Å². The summed E-state index contributed by atoms with van der Waals surface area (Å²) in [6.45, 7) is 4.30. The average molecular weight is 252 g/mol. The Balaban J connectivity index is 2.22. The zero-order chi connectivity index (χ0) is 12.7. The van der Waals surface area contributed by atoms with Gasteiger partial charge in [-0.15, -0.1) is 0 Å². The highest BCUT2D eigenvalue weighted by atomic mass is 32.1. The van der Waals surface area contributed by atoms with Crippen LogP contribution in [0, 0.1) is 0 Å². The minimum absolute atomic E-state index is 0.143. The molecule has 0 saturated carbocycles. The molecule has 0 amide bonds. The van der Waals surface area contributed by atoms with Gasteiger partial charge in [-0.05, 0) is 19.5 Å². The Hall–Kier alpha value is -0.970. The zero-order valence-electron chi connectivity index (χ0n) is 10.4. The van der Waals surface area contributed by atoms with Crippen molar-refractivity contribution in [3.05, 3.63) is 35.9 Å². The first-order valence-electron chi connectivity index (χ1n) is 5.73. The van der Waals surface area contributed by atoms with E-state index in [-0.39, 0.29) is 6.10 Å². The van der Waals surface area contributed by atoms with Crippen molar-refractivity contribution in [3.8, 4) is 0 Å². The second kappa shape index (κ2) is 7.37. The number of benzene rings is 1.